The molecule has 0 saturated carbocycles. The number of nitrogens with zero attached hydrogens (tertiary/aromatic N) is 3. The topological polar surface area (TPSA) is 63.6 Å². The van der Waals surface area contributed by atoms with Crippen molar-refractivity contribution in [2.24, 2.45) is 9.98 Å². The minimum atomic E-state index is 0.194. The van der Waals surface area contributed by atoms with Crippen LogP contribution in [0.1, 0.15) is 92.6 Å². The van der Waals surface area contributed by atoms with E-state index in [0.29, 0.717) is 11.8 Å². The van der Waals surface area contributed by atoms with Crippen LogP contribution in [0.5, 0.6) is 0 Å². The van der Waals surface area contributed by atoms with Crippen molar-refractivity contribution in [1.82, 2.24) is 4.98 Å². The summed E-state index contributed by atoms with van der Waals surface area (Å²) >= 11 is 0.194. The fourth-order valence-corrected chi connectivity index (χ4v) is 4.29. The predicted molar refractivity (Wildman–Crippen MR) is 159 cm³/mol. The van der Waals surface area contributed by atoms with Gasteiger partial charge in [-0.05, 0) is 86.4 Å². The number of nitrogens with two attached hydrogens (primary N) is 1. The van der Waals surface area contributed by atoms with Crippen LogP contribution in [0.3, 0.4) is 0 Å². The molecule has 1 aromatic heterocycles. The number of hydrogen-bond donors (Lipinski definition) is 1. The van der Waals surface area contributed by atoms with Crippen molar-refractivity contribution in [3.63, 3.8) is 0 Å². The first-order valence-corrected chi connectivity index (χ1v) is 15.4. The molecule has 4 nitrogen and oxygen atoms in total. The summed E-state index contributed by atoms with van der Waals surface area (Å²) in [6.07, 6.45) is 0. The van der Waals surface area contributed by atoms with Crippen molar-refractivity contribution in [2.45, 2.75) is 74.1 Å². The van der Waals surface area contributed by atoms with Gasteiger partial charge < -0.3 is 5.73 Å². The Hall–Kier alpha value is -2.17. The second-order valence-electron chi connectivity index (χ2n) is 9.85. The van der Waals surface area contributed by atoms with Crippen molar-refractivity contribution in [3.8, 4) is 0 Å². The zero-order valence-corrected chi connectivity index (χ0v) is 25.8. The molecule has 0 radical (unpaired) electrons. The van der Waals surface area contributed by atoms with Gasteiger partial charge in [-0.25, -0.2) is 4.98 Å². The van der Waals surface area contributed by atoms with E-state index in [0.717, 1.165) is 56.6 Å². The van der Waals surface area contributed by atoms with Gasteiger partial charge in [-0.1, -0.05) is 58.0 Å². The monoisotopic (exact) mass is 580 g/mol. The van der Waals surface area contributed by atoms with Gasteiger partial charge in [0.2, 0.25) is 0 Å². The van der Waals surface area contributed by atoms with E-state index in [9.17, 15) is 0 Å². The molecule has 0 bridgehead atoms. The normalized spacial score (nSPS) is 12.2. The Morgan fingerprint density at radius 1 is 0.784 bits per heavy atom. The van der Waals surface area contributed by atoms with Crippen molar-refractivity contribution in [2.75, 3.05) is 5.73 Å². The molecule has 0 unspecified atom stereocenters. The van der Waals surface area contributed by atoms with E-state index in [1.807, 2.05) is 45.9 Å². The molecule has 3 rings (SSSR count). The number of aryl methyl sites for hydroxylation is 2. The van der Waals surface area contributed by atoms with Gasteiger partial charge in [-0.3, -0.25) is 9.98 Å². The van der Waals surface area contributed by atoms with Crippen LogP contribution in [0, 0.1) is 20.8 Å². The quantitative estimate of drug-likeness (QED) is 0.179. The molecular formula is C30H38Cl2FeN4. The Morgan fingerprint density at radius 2 is 1.22 bits per heavy atom. The Bertz CT molecular complexity index is 1270. The number of halogens is 2. The summed E-state index contributed by atoms with van der Waals surface area (Å²) < 4.78 is 0. The van der Waals surface area contributed by atoms with Crippen molar-refractivity contribution in [1.29, 1.82) is 0 Å². The first-order valence-electron chi connectivity index (χ1n) is 12.3. The molecule has 0 aliphatic heterocycles. The van der Waals surface area contributed by atoms with Gasteiger partial charge in [-0.2, -0.15) is 0 Å². The number of pyridine rings is 1. The van der Waals surface area contributed by atoms with Gasteiger partial charge in [0, 0.05) is 5.69 Å². The van der Waals surface area contributed by atoms with Crippen LogP contribution in [0.15, 0.2) is 52.4 Å². The molecule has 0 aliphatic rings. The van der Waals surface area contributed by atoms with E-state index < -0.39 is 0 Å². The van der Waals surface area contributed by atoms with Crippen LogP contribution in [0.4, 0.5) is 17.1 Å². The zero-order chi connectivity index (χ0) is 27.9. The molecule has 2 N–H and O–H groups in total. The fraction of sp³-hybridized carbons (Fsp3) is 0.367. The predicted octanol–water partition coefficient (Wildman–Crippen LogP) is 9.49. The summed E-state index contributed by atoms with van der Waals surface area (Å²) in [6, 6.07) is 14.6. The fourth-order valence-electron chi connectivity index (χ4n) is 4.29. The molecule has 0 atom stereocenters. The second-order valence-corrected chi connectivity index (χ2v) is 11.7. The van der Waals surface area contributed by atoms with E-state index >= 15 is 0 Å². The number of aromatic nitrogens is 1. The van der Waals surface area contributed by atoms with E-state index in [-0.39, 0.29) is 13.1 Å². The number of hydrogen-bond acceptors (Lipinski definition) is 4. The van der Waals surface area contributed by atoms with Crippen LogP contribution < -0.4 is 5.73 Å². The van der Waals surface area contributed by atoms with Crippen molar-refractivity contribution >= 4 is 48.7 Å². The van der Waals surface area contributed by atoms with Gasteiger partial charge in [0.05, 0.1) is 34.2 Å². The molecule has 1 heterocycles. The van der Waals surface area contributed by atoms with Crippen LogP contribution in [0.2, 0.25) is 0 Å². The standard InChI is InChI=1S/C30H38N4.2ClH.Fe/c1-17(2)24-12-10-13-25(18(3)4)30(24)33-23(9)27-15-11-14-26(34-27)22(8)32-29-20(6)16-19(5)28(31)21(29)7;;;/h10-18H,31H2,1-9H3;2*1H;/q;;;+2/p-2. The van der Waals surface area contributed by atoms with Gasteiger partial charge in [0.25, 0.3) is 0 Å². The Labute approximate surface area is 237 Å². The zero-order valence-electron chi connectivity index (χ0n) is 23.2. The maximum absolute atomic E-state index is 6.27. The molecule has 0 fully saturated rings. The maximum atomic E-state index is 6.27. The van der Waals surface area contributed by atoms with E-state index in [1.165, 1.54) is 11.1 Å². The Morgan fingerprint density at radius 3 is 1.68 bits per heavy atom. The summed E-state index contributed by atoms with van der Waals surface area (Å²) in [7, 11) is 9.53. The third kappa shape index (κ3) is 7.91. The number of aliphatic imine (C=N–C) groups is 2. The van der Waals surface area contributed by atoms with E-state index in [4.69, 9.17) is 40.9 Å². The summed E-state index contributed by atoms with van der Waals surface area (Å²) in [6.45, 7) is 19.0. The summed E-state index contributed by atoms with van der Waals surface area (Å²) in [5, 5.41) is 0. The van der Waals surface area contributed by atoms with Crippen molar-refractivity contribution in [3.05, 3.63) is 81.7 Å². The van der Waals surface area contributed by atoms with Gasteiger partial charge in [0.1, 0.15) is 0 Å². The Kier molecular flexibility index (Phi) is 11.8. The van der Waals surface area contributed by atoms with Crippen LogP contribution in [0.25, 0.3) is 0 Å². The average molecular weight is 581 g/mol. The van der Waals surface area contributed by atoms with Crippen molar-refractivity contribution < 1.29 is 13.1 Å². The number of rotatable bonds is 6. The number of benzene rings is 2. The molecule has 0 amide bonds. The first kappa shape index (κ1) is 31.0. The third-order valence-corrected chi connectivity index (χ3v) is 6.38. The Balaban J connectivity index is 0.00000153. The molecular weight excluding hydrogens is 543 g/mol. The summed E-state index contributed by atoms with van der Waals surface area (Å²) in [4.78, 5) is 14.9. The molecule has 7 heteroatoms. The summed E-state index contributed by atoms with van der Waals surface area (Å²) in [5.41, 5.74) is 18.3. The van der Waals surface area contributed by atoms with E-state index in [2.05, 4.69) is 58.9 Å². The average Bonchev–Trinajstić information content (AvgIpc) is 2.85. The second kappa shape index (κ2) is 14.1. The number of nitrogen functional groups attached to an aromatic ring is 1. The van der Waals surface area contributed by atoms with Gasteiger partial charge in [-0.15, -0.1) is 0 Å². The molecule has 3 aromatic rings. The van der Waals surface area contributed by atoms with Gasteiger partial charge in [0.15, 0.2) is 0 Å². The minimum absolute atomic E-state index is 0.194. The molecule has 37 heavy (non-hydrogen) atoms. The van der Waals surface area contributed by atoms with Crippen LogP contribution in [-0.2, 0) is 13.1 Å². The SMILES string of the molecule is CC(=Nc1c(C(C)C)cccc1C(C)C)c1cccc(C(C)=Nc2c(C)cc(C)c(N)c2C)n1.[Cl][Fe][Cl]. The third-order valence-electron chi connectivity index (χ3n) is 6.38. The molecule has 2 aromatic carbocycles. The number of anilines is 1. The molecule has 200 valence electrons. The van der Waals surface area contributed by atoms with E-state index in [1.54, 1.807) is 0 Å². The molecule has 0 spiro atoms. The summed E-state index contributed by atoms with van der Waals surface area (Å²) in [5.74, 6) is 0.791. The van der Waals surface area contributed by atoms with Gasteiger partial charge >= 0.3 is 33.3 Å². The number of para-hydroxylation sites is 1. The molecule has 0 aliphatic carbocycles. The first-order chi connectivity index (χ1) is 17.4. The molecule has 0 saturated heterocycles. The van der Waals surface area contributed by atoms with Crippen LogP contribution >= 0.6 is 20.2 Å². The van der Waals surface area contributed by atoms with Crippen LogP contribution in [-0.4, -0.2) is 16.4 Å².